The summed E-state index contributed by atoms with van der Waals surface area (Å²) < 4.78 is 0. The van der Waals surface area contributed by atoms with Gasteiger partial charge in [0.2, 0.25) is 5.91 Å². The number of nitrogens with zero attached hydrogens (tertiary/aromatic N) is 2. The summed E-state index contributed by atoms with van der Waals surface area (Å²) in [6, 6.07) is 8.20. The van der Waals surface area contributed by atoms with Crippen LogP contribution in [-0.4, -0.2) is 24.5 Å². The Morgan fingerprint density at radius 3 is 3.05 bits per heavy atom. The van der Waals surface area contributed by atoms with Crippen LogP contribution >= 0.6 is 11.3 Å². The molecule has 0 radical (unpaired) electrons. The number of aromatic nitrogens is 1. The molecule has 0 spiro atoms. The molecule has 5 heteroatoms. The smallest absolute Gasteiger partial charge is 0.228 e. The molecule has 2 heterocycles. The van der Waals surface area contributed by atoms with Gasteiger partial charge >= 0.3 is 0 Å². The number of amides is 1. The van der Waals surface area contributed by atoms with Crippen LogP contribution in [0.5, 0.6) is 0 Å². The molecule has 0 fully saturated rings. The van der Waals surface area contributed by atoms with Crippen LogP contribution in [0.1, 0.15) is 35.9 Å². The topological polar surface area (TPSA) is 45.2 Å². The molecule has 0 saturated carbocycles. The Labute approximate surface area is 128 Å². The molecule has 0 bridgehead atoms. The van der Waals surface area contributed by atoms with Crippen LogP contribution in [0.2, 0.25) is 0 Å². The van der Waals surface area contributed by atoms with Gasteiger partial charge in [0.1, 0.15) is 0 Å². The number of benzene rings is 1. The second-order valence-electron chi connectivity index (χ2n) is 5.45. The number of nitrogens with one attached hydrogen (secondary N) is 1. The van der Waals surface area contributed by atoms with Gasteiger partial charge in [0.05, 0.1) is 5.01 Å². The molecular weight excluding hydrogens is 282 g/mol. The van der Waals surface area contributed by atoms with Gasteiger partial charge in [-0.1, -0.05) is 25.1 Å². The zero-order chi connectivity index (χ0) is 14.8. The van der Waals surface area contributed by atoms with E-state index in [0.717, 1.165) is 17.2 Å². The number of anilines is 1. The lowest BCUT2D eigenvalue weighted by Gasteiger charge is -2.32. The molecule has 2 atom stereocenters. The monoisotopic (exact) mass is 301 g/mol. The standard InChI is InChI=1S/C16H19N3OS/c1-11(16-17-7-8-21-16)10-18-13-9-15(20)19(2)14-6-4-3-5-12(13)14/h3-8,11,13,18H,9-10H2,1-2H3. The lowest BCUT2D eigenvalue weighted by Crippen LogP contribution is -2.38. The summed E-state index contributed by atoms with van der Waals surface area (Å²) in [5, 5.41) is 6.67. The largest absolute Gasteiger partial charge is 0.315 e. The molecular formula is C16H19N3OS. The summed E-state index contributed by atoms with van der Waals surface area (Å²) in [7, 11) is 1.84. The van der Waals surface area contributed by atoms with Crippen molar-refractivity contribution in [2.75, 3.05) is 18.5 Å². The van der Waals surface area contributed by atoms with Crippen LogP contribution in [0.15, 0.2) is 35.8 Å². The Morgan fingerprint density at radius 2 is 2.29 bits per heavy atom. The SMILES string of the molecule is CC(CNC1CC(=O)N(C)c2ccccc21)c1nccs1. The van der Waals surface area contributed by atoms with E-state index in [9.17, 15) is 4.79 Å². The van der Waals surface area contributed by atoms with E-state index in [0.29, 0.717) is 12.3 Å². The summed E-state index contributed by atoms with van der Waals surface area (Å²) in [4.78, 5) is 18.2. The Hall–Kier alpha value is -1.72. The fourth-order valence-electron chi connectivity index (χ4n) is 2.71. The minimum atomic E-state index is 0.0901. The van der Waals surface area contributed by atoms with Crippen LogP contribution in [0, 0.1) is 0 Å². The van der Waals surface area contributed by atoms with Gasteiger partial charge in [0.15, 0.2) is 0 Å². The van der Waals surface area contributed by atoms with Crippen molar-refractivity contribution in [2.24, 2.45) is 0 Å². The first-order chi connectivity index (χ1) is 10.2. The van der Waals surface area contributed by atoms with E-state index >= 15 is 0 Å². The highest BCUT2D eigenvalue weighted by atomic mass is 32.1. The van der Waals surface area contributed by atoms with Gasteiger partial charge in [-0.2, -0.15) is 0 Å². The van der Waals surface area contributed by atoms with Gasteiger partial charge in [-0.3, -0.25) is 4.79 Å². The highest BCUT2D eigenvalue weighted by molar-refractivity contribution is 7.09. The first kappa shape index (κ1) is 14.2. The molecule has 21 heavy (non-hydrogen) atoms. The zero-order valence-electron chi connectivity index (χ0n) is 12.2. The number of fused-ring (bicyclic) bond motifs is 1. The Bertz CT molecular complexity index is 626. The molecule has 2 unspecified atom stereocenters. The number of carbonyl (C=O) groups excluding carboxylic acids is 1. The van der Waals surface area contributed by atoms with Crippen LogP contribution in [0.3, 0.4) is 0 Å². The minimum Gasteiger partial charge on any atom is -0.315 e. The van der Waals surface area contributed by atoms with Crippen molar-refractivity contribution in [3.05, 3.63) is 46.4 Å². The van der Waals surface area contributed by atoms with Crippen LogP contribution in [0.4, 0.5) is 5.69 Å². The molecule has 0 saturated heterocycles. The van der Waals surface area contributed by atoms with Crippen molar-refractivity contribution in [3.8, 4) is 0 Å². The van der Waals surface area contributed by atoms with E-state index in [1.807, 2.05) is 36.8 Å². The third kappa shape index (κ3) is 2.84. The maximum absolute atomic E-state index is 12.1. The number of para-hydroxylation sites is 1. The summed E-state index contributed by atoms with van der Waals surface area (Å²) in [6.07, 6.45) is 2.35. The molecule has 0 aliphatic carbocycles. The predicted molar refractivity (Wildman–Crippen MR) is 85.7 cm³/mol. The number of hydrogen-bond donors (Lipinski definition) is 1. The molecule has 1 N–H and O–H groups in total. The average Bonchev–Trinajstić information content (AvgIpc) is 3.03. The fourth-order valence-corrected chi connectivity index (χ4v) is 3.41. The third-order valence-electron chi connectivity index (χ3n) is 3.97. The lowest BCUT2D eigenvalue weighted by atomic mass is 9.95. The van der Waals surface area contributed by atoms with E-state index in [4.69, 9.17) is 0 Å². The highest BCUT2D eigenvalue weighted by Gasteiger charge is 2.28. The van der Waals surface area contributed by atoms with Gasteiger partial charge in [-0.25, -0.2) is 4.98 Å². The van der Waals surface area contributed by atoms with Gasteiger partial charge in [0, 0.05) is 49.2 Å². The number of hydrogen-bond acceptors (Lipinski definition) is 4. The second-order valence-corrected chi connectivity index (χ2v) is 6.37. The molecule has 4 nitrogen and oxygen atoms in total. The highest BCUT2D eigenvalue weighted by Crippen LogP contribution is 2.33. The summed E-state index contributed by atoms with van der Waals surface area (Å²) in [5.74, 6) is 0.514. The van der Waals surface area contributed by atoms with Crippen LogP contribution in [0.25, 0.3) is 0 Å². The van der Waals surface area contributed by atoms with Crippen molar-refractivity contribution in [1.29, 1.82) is 0 Å². The molecule has 1 aromatic carbocycles. The molecule has 1 aromatic heterocycles. The van der Waals surface area contributed by atoms with Crippen molar-refractivity contribution < 1.29 is 4.79 Å². The maximum atomic E-state index is 12.1. The second kappa shape index (κ2) is 5.95. The van der Waals surface area contributed by atoms with Gasteiger partial charge < -0.3 is 10.2 Å². The van der Waals surface area contributed by atoms with Crippen molar-refractivity contribution in [1.82, 2.24) is 10.3 Å². The normalized spacial score (nSPS) is 19.4. The molecule has 2 aromatic rings. The summed E-state index contributed by atoms with van der Waals surface area (Å²) >= 11 is 1.68. The molecule has 1 aliphatic heterocycles. The average molecular weight is 301 g/mol. The zero-order valence-corrected chi connectivity index (χ0v) is 13.1. The summed E-state index contributed by atoms with van der Waals surface area (Å²) in [6.45, 7) is 2.98. The van der Waals surface area contributed by atoms with Gasteiger partial charge in [-0.15, -0.1) is 11.3 Å². The quantitative estimate of drug-likeness (QED) is 0.944. The van der Waals surface area contributed by atoms with E-state index in [-0.39, 0.29) is 11.9 Å². The number of rotatable bonds is 4. The fraction of sp³-hybridized carbons (Fsp3) is 0.375. The first-order valence-corrected chi connectivity index (χ1v) is 8.03. The minimum absolute atomic E-state index is 0.0901. The van der Waals surface area contributed by atoms with Gasteiger partial charge in [-0.05, 0) is 11.6 Å². The molecule has 1 amide bonds. The van der Waals surface area contributed by atoms with Crippen molar-refractivity contribution >= 4 is 22.9 Å². The van der Waals surface area contributed by atoms with E-state index < -0.39 is 0 Å². The van der Waals surface area contributed by atoms with Crippen LogP contribution in [-0.2, 0) is 4.79 Å². The number of thiazole rings is 1. The van der Waals surface area contributed by atoms with Crippen molar-refractivity contribution in [2.45, 2.75) is 25.3 Å². The Kier molecular flexibility index (Phi) is 4.03. The molecule has 110 valence electrons. The van der Waals surface area contributed by atoms with E-state index in [1.165, 1.54) is 5.56 Å². The lowest BCUT2D eigenvalue weighted by molar-refractivity contribution is -0.119. The summed E-state index contributed by atoms with van der Waals surface area (Å²) in [5.41, 5.74) is 2.21. The van der Waals surface area contributed by atoms with Crippen LogP contribution < -0.4 is 10.2 Å². The Balaban J connectivity index is 1.74. The Morgan fingerprint density at radius 1 is 1.48 bits per heavy atom. The van der Waals surface area contributed by atoms with Gasteiger partial charge in [0.25, 0.3) is 0 Å². The predicted octanol–water partition coefficient (Wildman–Crippen LogP) is 2.94. The maximum Gasteiger partial charge on any atom is 0.228 e. The molecule has 3 rings (SSSR count). The van der Waals surface area contributed by atoms with Crippen molar-refractivity contribution in [3.63, 3.8) is 0 Å². The first-order valence-electron chi connectivity index (χ1n) is 7.15. The van der Waals surface area contributed by atoms with E-state index in [2.05, 4.69) is 23.3 Å². The van der Waals surface area contributed by atoms with E-state index in [1.54, 1.807) is 16.2 Å². The third-order valence-corrected chi connectivity index (χ3v) is 4.98. The molecule has 1 aliphatic rings. The number of carbonyl (C=O) groups is 1.